The quantitative estimate of drug-likeness (QED) is 0.946. The Bertz CT molecular complexity index is 637. The number of aliphatic imine (C=N–C) groups is 1. The topological polar surface area (TPSA) is 44.7 Å². The third-order valence-corrected chi connectivity index (χ3v) is 4.03. The van der Waals surface area contributed by atoms with Crippen molar-refractivity contribution in [1.29, 1.82) is 0 Å². The van der Waals surface area contributed by atoms with Crippen molar-refractivity contribution in [3.05, 3.63) is 51.7 Å². The number of nitrogens with zero attached hydrogens (tertiary/aromatic N) is 2. The molecule has 6 heteroatoms. The largest absolute Gasteiger partial charge is 0.326 e. The smallest absolute Gasteiger partial charge is 0.251 e. The van der Waals surface area contributed by atoms with Crippen molar-refractivity contribution in [2.45, 2.75) is 6.54 Å². The average molecular weight is 306 g/mol. The number of hydrogen-bond acceptors (Lipinski definition) is 4. The highest BCUT2D eigenvalue weighted by atomic mass is 35.5. The minimum atomic E-state index is 0.00913. The van der Waals surface area contributed by atoms with Crippen molar-refractivity contribution < 1.29 is 4.79 Å². The molecule has 102 valence electrons. The summed E-state index contributed by atoms with van der Waals surface area (Å²) < 4.78 is 0. The van der Waals surface area contributed by atoms with Gasteiger partial charge in [-0.1, -0.05) is 17.7 Å². The van der Waals surface area contributed by atoms with E-state index in [0.717, 1.165) is 10.6 Å². The molecule has 1 aromatic carbocycles. The van der Waals surface area contributed by atoms with Crippen LogP contribution in [0, 0.1) is 0 Å². The Labute approximate surface area is 125 Å². The predicted molar refractivity (Wildman–Crippen MR) is 82.2 cm³/mol. The van der Waals surface area contributed by atoms with Crippen LogP contribution in [0.3, 0.4) is 0 Å². The van der Waals surface area contributed by atoms with Gasteiger partial charge in [0.2, 0.25) is 5.96 Å². The van der Waals surface area contributed by atoms with E-state index in [0.29, 0.717) is 17.5 Å². The van der Waals surface area contributed by atoms with Gasteiger partial charge in [-0.05, 0) is 35.7 Å². The summed E-state index contributed by atoms with van der Waals surface area (Å²) in [6.07, 6.45) is 0. The van der Waals surface area contributed by atoms with E-state index >= 15 is 0 Å². The number of anilines is 1. The summed E-state index contributed by atoms with van der Waals surface area (Å²) in [4.78, 5) is 19.0. The Kier molecular flexibility index (Phi) is 3.71. The van der Waals surface area contributed by atoms with Crippen LogP contribution in [0.2, 0.25) is 5.02 Å². The molecule has 1 amide bonds. The van der Waals surface area contributed by atoms with Gasteiger partial charge in [-0.25, -0.2) is 4.99 Å². The fourth-order valence-corrected chi connectivity index (χ4v) is 2.74. The molecule has 0 spiro atoms. The molecule has 3 rings (SSSR count). The van der Waals surface area contributed by atoms with Crippen LogP contribution in [0.25, 0.3) is 0 Å². The van der Waals surface area contributed by atoms with E-state index < -0.39 is 0 Å². The van der Waals surface area contributed by atoms with E-state index in [4.69, 9.17) is 11.6 Å². The molecule has 20 heavy (non-hydrogen) atoms. The third-order valence-electron chi connectivity index (χ3n) is 2.92. The lowest BCUT2D eigenvalue weighted by Gasteiger charge is -2.18. The summed E-state index contributed by atoms with van der Waals surface area (Å²) >= 11 is 7.48. The minimum Gasteiger partial charge on any atom is -0.326 e. The molecule has 0 bridgehead atoms. The second-order valence-corrected chi connectivity index (χ2v) is 5.80. The van der Waals surface area contributed by atoms with E-state index in [-0.39, 0.29) is 12.5 Å². The van der Waals surface area contributed by atoms with Gasteiger partial charge in [0.25, 0.3) is 5.91 Å². The average Bonchev–Trinajstić information content (AvgIpc) is 3.06. The number of benzene rings is 1. The maximum Gasteiger partial charge on any atom is 0.251 e. The Morgan fingerprint density at radius 3 is 2.80 bits per heavy atom. The number of carbonyl (C=O) groups is 1. The highest BCUT2D eigenvalue weighted by Crippen LogP contribution is 2.18. The normalized spacial score (nSPS) is 14.6. The standard InChI is InChI=1S/C14H12ClN3OS/c15-10-3-5-11(6-4-10)17-14-16-8-13(19)18(14)9-12-2-1-7-20-12/h1-7H,8-9H2,(H,16,17). The summed E-state index contributed by atoms with van der Waals surface area (Å²) in [7, 11) is 0. The van der Waals surface area contributed by atoms with Crippen LogP contribution < -0.4 is 5.32 Å². The van der Waals surface area contributed by atoms with Crippen LogP contribution in [0.4, 0.5) is 5.69 Å². The van der Waals surface area contributed by atoms with Gasteiger partial charge in [0.1, 0.15) is 6.54 Å². The van der Waals surface area contributed by atoms with Crippen molar-refractivity contribution in [3.63, 3.8) is 0 Å². The summed E-state index contributed by atoms with van der Waals surface area (Å²) in [5.41, 5.74) is 0.860. The summed E-state index contributed by atoms with van der Waals surface area (Å²) in [5, 5.41) is 5.84. The summed E-state index contributed by atoms with van der Waals surface area (Å²) in [6, 6.07) is 11.3. The van der Waals surface area contributed by atoms with Gasteiger partial charge in [0, 0.05) is 15.6 Å². The number of hydrogen-bond donors (Lipinski definition) is 1. The van der Waals surface area contributed by atoms with Crippen LogP contribution in [-0.2, 0) is 11.3 Å². The molecule has 1 aromatic heterocycles. The van der Waals surface area contributed by atoms with Crippen LogP contribution >= 0.6 is 22.9 Å². The van der Waals surface area contributed by atoms with Gasteiger partial charge in [0.15, 0.2) is 0 Å². The van der Waals surface area contributed by atoms with Gasteiger partial charge in [-0.15, -0.1) is 11.3 Å². The van der Waals surface area contributed by atoms with Crippen molar-refractivity contribution in [2.75, 3.05) is 11.9 Å². The van der Waals surface area contributed by atoms with Crippen molar-refractivity contribution in [3.8, 4) is 0 Å². The van der Waals surface area contributed by atoms with Crippen LogP contribution in [-0.4, -0.2) is 23.3 Å². The minimum absolute atomic E-state index is 0.00913. The number of thiophene rings is 1. The van der Waals surface area contributed by atoms with Gasteiger partial charge >= 0.3 is 0 Å². The van der Waals surface area contributed by atoms with Crippen molar-refractivity contribution >= 4 is 40.5 Å². The summed E-state index contributed by atoms with van der Waals surface area (Å²) in [6.45, 7) is 0.747. The first-order valence-corrected chi connectivity index (χ1v) is 7.38. The Balaban J connectivity index is 1.74. The second-order valence-electron chi connectivity index (χ2n) is 4.33. The van der Waals surface area contributed by atoms with Crippen LogP contribution in [0.15, 0.2) is 46.8 Å². The van der Waals surface area contributed by atoms with Crippen molar-refractivity contribution in [1.82, 2.24) is 4.90 Å². The lowest BCUT2D eigenvalue weighted by molar-refractivity contribution is -0.125. The lowest BCUT2D eigenvalue weighted by Crippen LogP contribution is -2.36. The summed E-state index contributed by atoms with van der Waals surface area (Å²) in [5.74, 6) is 0.598. The predicted octanol–water partition coefficient (Wildman–Crippen LogP) is 3.21. The molecule has 4 nitrogen and oxygen atoms in total. The van der Waals surface area contributed by atoms with E-state index in [2.05, 4.69) is 10.3 Å². The zero-order chi connectivity index (χ0) is 13.9. The first kappa shape index (κ1) is 13.1. The number of halogens is 1. The Morgan fingerprint density at radius 2 is 2.10 bits per heavy atom. The molecule has 0 radical (unpaired) electrons. The first-order chi connectivity index (χ1) is 9.72. The molecule has 0 atom stereocenters. The molecule has 1 N–H and O–H groups in total. The molecule has 0 unspecified atom stereocenters. The number of guanidine groups is 1. The first-order valence-electron chi connectivity index (χ1n) is 6.12. The fraction of sp³-hybridized carbons (Fsp3) is 0.143. The molecule has 0 saturated carbocycles. The van der Waals surface area contributed by atoms with Crippen LogP contribution in [0.1, 0.15) is 4.88 Å². The van der Waals surface area contributed by atoms with Gasteiger partial charge in [-0.2, -0.15) is 0 Å². The highest BCUT2D eigenvalue weighted by Gasteiger charge is 2.25. The van der Waals surface area contributed by atoms with Gasteiger partial charge < -0.3 is 5.32 Å². The zero-order valence-corrected chi connectivity index (χ0v) is 12.1. The van der Waals surface area contributed by atoms with E-state index in [1.165, 1.54) is 0 Å². The monoisotopic (exact) mass is 305 g/mol. The maximum atomic E-state index is 11.9. The third kappa shape index (κ3) is 2.84. The molecule has 2 heterocycles. The second kappa shape index (κ2) is 5.64. The SMILES string of the molecule is O=C1CN=C(Nc2ccc(Cl)cc2)N1Cc1cccs1. The Morgan fingerprint density at radius 1 is 1.30 bits per heavy atom. The molecule has 1 aliphatic rings. The number of carbonyl (C=O) groups excluding carboxylic acids is 1. The number of amides is 1. The Hall–Kier alpha value is -1.85. The molecule has 0 fully saturated rings. The molecule has 1 aliphatic heterocycles. The molecular weight excluding hydrogens is 294 g/mol. The van der Waals surface area contributed by atoms with Gasteiger partial charge in [-0.3, -0.25) is 9.69 Å². The maximum absolute atomic E-state index is 11.9. The van der Waals surface area contributed by atoms with Crippen LogP contribution in [0.5, 0.6) is 0 Å². The molecule has 0 saturated heterocycles. The molecule has 0 aliphatic carbocycles. The molecular formula is C14H12ClN3OS. The van der Waals surface area contributed by atoms with E-state index in [1.807, 2.05) is 29.6 Å². The fourth-order valence-electron chi connectivity index (χ4n) is 1.92. The van der Waals surface area contributed by atoms with Crippen molar-refractivity contribution in [2.24, 2.45) is 4.99 Å². The van der Waals surface area contributed by atoms with E-state index in [1.54, 1.807) is 28.4 Å². The van der Waals surface area contributed by atoms with E-state index in [9.17, 15) is 4.79 Å². The number of nitrogens with one attached hydrogen (secondary N) is 1. The molecule has 2 aromatic rings. The van der Waals surface area contributed by atoms with Gasteiger partial charge in [0.05, 0.1) is 6.54 Å². The lowest BCUT2D eigenvalue weighted by atomic mass is 10.3. The highest BCUT2D eigenvalue weighted by molar-refractivity contribution is 7.09. The number of rotatable bonds is 3. The zero-order valence-electron chi connectivity index (χ0n) is 10.5.